The Morgan fingerprint density at radius 1 is 1.19 bits per heavy atom. The highest BCUT2D eigenvalue weighted by atomic mass is 16.2. The molecule has 2 aliphatic heterocycles. The molecule has 0 radical (unpaired) electrons. The predicted octanol–water partition coefficient (Wildman–Crippen LogP) is 2.97. The van der Waals surface area contributed by atoms with Gasteiger partial charge in [0, 0.05) is 50.1 Å². The van der Waals surface area contributed by atoms with Gasteiger partial charge in [0.15, 0.2) is 0 Å². The van der Waals surface area contributed by atoms with Gasteiger partial charge in [0.05, 0.1) is 17.8 Å². The van der Waals surface area contributed by atoms with E-state index in [0.717, 1.165) is 50.0 Å². The van der Waals surface area contributed by atoms with Crippen LogP contribution >= 0.6 is 0 Å². The predicted molar refractivity (Wildman–Crippen MR) is 121 cm³/mol. The van der Waals surface area contributed by atoms with Crippen molar-refractivity contribution in [1.82, 2.24) is 29.5 Å². The van der Waals surface area contributed by atoms with Crippen LogP contribution in [0, 0.1) is 0 Å². The van der Waals surface area contributed by atoms with Gasteiger partial charge in [-0.05, 0) is 51.5 Å². The first kappa shape index (κ1) is 21.4. The van der Waals surface area contributed by atoms with E-state index in [1.165, 1.54) is 25.7 Å². The lowest BCUT2D eigenvalue weighted by atomic mass is 9.99. The summed E-state index contributed by atoms with van der Waals surface area (Å²) in [7, 11) is 0. The summed E-state index contributed by atoms with van der Waals surface area (Å²) in [5, 5.41) is 4.27. The number of rotatable bonds is 5. The first-order chi connectivity index (χ1) is 15.6. The smallest absolute Gasteiger partial charge is 0.254 e. The molecule has 2 aromatic heterocycles. The second-order valence-corrected chi connectivity index (χ2v) is 9.67. The van der Waals surface area contributed by atoms with Crippen molar-refractivity contribution in [3.8, 4) is 0 Å². The molecule has 0 spiro atoms. The Balaban J connectivity index is 1.36. The number of hydrogen-bond donors (Lipinski definition) is 1. The van der Waals surface area contributed by atoms with E-state index in [9.17, 15) is 9.59 Å². The van der Waals surface area contributed by atoms with Crippen molar-refractivity contribution in [3.63, 3.8) is 0 Å². The molecule has 2 aromatic rings. The molecular formula is C24H34N6O2. The molecule has 32 heavy (non-hydrogen) atoms. The van der Waals surface area contributed by atoms with Gasteiger partial charge in [-0.25, -0.2) is 4.98 Å². The molecule has 8 heteroatoms. The SMILES string of the molecule is C[C@H](CC(=O)N1CCCC[C@@H]1c1nc2c(c(=O)[nH]1)CCN(C1CCCC1)C2)n1cccn1. The number of nitrogens with zero attached hydrogens (tertiary/aromatic N) is 5. The fourth-order valence-corrected chi connectivity index (χ4v) is 5.74. The minimum Gasteiger partial charge on any atom is -0.332 e. The van der Waals surface area contributed by atoms with Crippen LogP contribution in [0.3, 0.4) is 0 Å². The zero-order chi connectivity index (χ0) is 22.1. The highest BCUT2D eigenvalue weighted by Gasteiger charge is 2.33. The third kappa shape index (κ3) is 4.25. The van der Waals surface area contributed by atoms with Crippen molar-refractivity contribution in [1.29, 1.82) is 0 Å². The number of carbonyl (C=O) groups is 1. The third-order valence-corrected chi connectivity index (χ3v) is 7.55. The van der Waals surface area contributed by atoms with E-state index < -0.39 is 0 Å². The number of hydrogen-bond acceptors (Lipinski definition) is 5. The van der Waals surface area contributed by atoms with Crippen molar-refractivity contribution >= 4 is 5.91 Å². The first-order valence-corrected chi connectivity index (χ1v) is 12.2. The molecule has 8 nitrogen and oxygen atoms in total. The number of H-pyrrole nitrogens is 1. The monoisotopic (exact) mass is 438 g/mol. The molecule has 2 fully saturated rings. The van der Waals surface area contributed by atoms with E-state index in [2.05, 4.69) is 15.0 Å². The van der Waals surface area contributed by atoms with Crippen molar-refractivity contribution in [2.45, 2.75) is 89.4 Å². The Kier molecular flexibility index (Phi) is 6.13. The molecule has 1 saturated carbocycles. The second-order valence-electron chi connectivity index (χ2n) is 9.67. The topological polar surface area (TPSA) is 87.1 Å². The number of piperidine rings is 1. The highest BCUT2D eigenvalue weighted by molar-refractivity contribution is 5.77. The van der Waals surface area contributed by atoms with Gasteiger partial charge >= 0.3 is 0 Å². The van der Waals surface area contributed by atoms with Crippen molar-refractivity contribution < 1.29 is 4.79 Å². The fraction of sp³-hybridized carbons (Fsp3) is 0.667. The number of amides is 1. The standard InChI is InChI=1S/C24H34N6O2/c1-17(30-13-6-11-25-30)15-22(31)29-12-5-4-9-21(29)23-26-20-16-28(18-7-2-3-8-18)14-10-19(20)24(32)27-23/h6,11,13,17-18,21H,2-5,7-10,12,14-16H2,1H3,(H,26,27,32)/t17-,21-/m1/s1. The largest absolute Gasteiger partial charge is 0.332 e. The number of aromatic amines is 1. The summed E-state index contributed by atoms with van der Waals surface area (Å²) in [5.74, 6) is 0.771. The molecule has 1 N–H and O–H groups in total. The lowest BCUT2D eigenvalue weighted by molar-refractivity contribution is -0.136. The molecule has 0 aromatic carbocycles. The maximum Gasteiger partial charge on any atom is 0.254 e. The van der Waals surface area contributed by atoms with Gasteiger partial charge < -0.3 is 9.88 Å². The molecule has 3 aliphatic rings. The summed E-state index contributed by atoms with van der Waals surface area (Å²) in [4.78, 5) is 38.7. The van der Waals surface area contributed by atoms with E-state index in [-0.39, 0.29) is 23.6 Å². The maximum absolute atomic E-state index is 13.2. The summed E-state index contributed by atoms with van der Waals surface area (Å²) in [6, 6.07) is 2.35. The molecule has 5 rings (SSSR count). The minimum absolute atomic E-state index is 0.00409. The average molecular weight is 439 g/mol. The van der Waals surface area contributed by atoms with Crippen LogP contribution in [0.25, 0.3) is 0 Å². The molecule has 0 bridgehead atoms. The van der Waals surface area contributed by atoms with Gasteiger partial charge in [0.1, 0.15) is 5.82 Å². The van der Waals surface area contributed by atoms with E-state index >= 15 is 0 Å². The highest BCUT2D eigenvalue weighted by Crippen LogP contribution is 2.32. The molecular weight excluding hydrogens is 404 g/mol. The van der Waals surface area contributed by atoms with E-state index in [4.69, 9.17) is 4.98 Å². The van der Waals surface area contributed by atoms with Crippen LogP contribution in [0.4, 0.5) is 0 Å². The lowest BCUT2D eigenvalue weighted by Crippen LogP contribution is -2.43. The second kappa shape index (κ2) is 9.17. The number of aromatic nitrogens is 4. The van der Waals surface area contributed by atoms with Crippen molar-refractivity contribution in [2.24, 2.45) is 0 Å². The molecule has 0 unspecified atom stereocenters. The molecule has 1 amide bonds. The normalized spacial score (nSPS) is 23.3. The molecule has 2 atom stereocenters. The molecule has 4 heterocycles. The number of fused-ring (bicyclic) bond motifs is 1. The van der Waals surface area contributed by atoms with Crippen LogP contribution in [-0.2, 0) is 17.8 Å². The Bertz CT molecular complexity index is 994. The zero-order valence-corrected chi connectivity index (χ0v) is 19.0. The molecule has 1 saturated heterocycles. The number of carbonyl (C=O) groups excluding carboxylic acids is 1. The van der Waals surface area contributed by atoms with Crippen molar-refractivity contribution in [3.05, 3.63) is 45.9 Å². The first-order valence-electron chi connectivity index (χ1n) is 12.2. The Morgan fingerprint density at radius 3 is 2.78 bits per heavy atom. The number of nitrogens with one attached hydrogen (secondary N) is 1. The average Bonchev–Trinajstić information content (AvgIpc) is 3.53. The zero-order valence-electron chi connectivity index (χ0n) is 19.0. The lowest BCUT2D eigenvalue weighted by Gasteiger charge is -2.37. The molecule has 1 aliphatic carbocycles. The van der Waals surface area contributed by atoms with Crippen LogP contribution in [-0.4, -0.2) is 54.6 Å². The van der Waals surface area contributed by atoms with E-state index in [1.807, 2.05) is 28.8 Å². The summed E-state index contributed by atoms with van der Waals surface area (Å²) >= 11 is 0. The van der Waals surface area contributed by atoms with Gasteiger partial charge in [-0.15, -0.1) is 0 Å². The fourth-order valence-electron chi connectivity index (χ4n) is 5.74. The summed E-state index contributed by atoms with van der Waals surface area (Å²) < 4.78 is 1.83. The van der Waals surface area contributed by atoms with Crippen LogP contribution in [0.5, 0.6) is 0 Å². The van der Waals surface area contributed by atoms with Gasteiger partial charge in [-0.2, -0.15) is 5.10 Å². The number of likely N-dealkylation sites (tertiary alicyclic amines) is 1. The third-order valence-electron chi connectivity index (χ3n) is 7.55. The van der Waals surface area contributed by atoms with Gasteiger partial charge in [-0.3, -0.25) is 19.2 Å². The van der Waals surface area contributed by atoms with Crippen LogP contribution in [0.2, 0.25) is 0 Å². The van der Waals surface area contributed by atoms with Crippen LogP contribution < -0.4 is 5.56 Å². The summed E-state index contributed by atoms with van der Waals surface area (Å²) in [6.45, 7) is 4.43. The maximum atomic E-state index is 13.2. The van der Waals surface area contributed by atoms with Crippen LogP contribution in [0.15, 0.2) is 23.3 Å². The van der Waals surface area contributed by atoms with Crippen molar-refractivity contribution in [2.75, 3.05) is 13.1 Å². The Labute approximate surface area is 189 Å². The van der Waals surface area contributed by atoms with Gasteiger partial charge in [0.2, 0.25) is 5.91 Å². The minimum atomic E-state index is -0.152. The van der Waals surface area contributed by atoms with Gasteiger partial charge in [-0.1, -0.05) is 12.8 Å². The van der Waals surface area contributed by atoms with Gasteiger partial charge in [0.25, 0.3) is 5.56 Å². The van der Waals surface area contributed by atoms with E-state index in [1.54, 1.807) is 6.20 Å². The summed E-state index contributed by atoms with van der Waals surface area (Å²) in [6.07, 6.45) is 12.8. The van der Waals surface area contributed by atoms with Crippen LogP contribution in [0.1, 0.15) is 87.5 Å². The Hall–Kier alpha value is -2.48. The Morgan fingerprint density at radius 2 is 2.00 bits per heavy atom. The van der Waals surface area contributed by atoms with E-state index in [0.29, 0.717) is 24.8 Å². The summed E-state index contributed by atoms with van der Waals surface area (Å²) in [5.41, 5.74) is 1.74. The molecule has 172 valence electrons. The quantitative estimate of drug-likeness (QED) is 0.776.